The molecule has 0 aromatic heterocycles. The van der Waals surface area contributed by atoms with Crippen LogP contribution in [0.15, 0.2) is 24.3 Å². The molecule has 3 rings (SSSR count). The van der Waals surface area contributed by atoms with Crippen molar-refractivity contribution in [3.8, 4) is 0 Å². The minimum absolute atomic E-state index is 0.00849. The first-order valence-electron chi connectivity index (χ1n) is 7.31. The Kier molecular flexibility index (Phi) is 3.24. The molecule has 1 unspecified atom stereocenters. The Labute approximate surface area is 119 Å². The van der Waals surface area contributed by atoms with Gasteiger partial charge in [0, 0.05) is 18.7 Å². The predicted molar refractivity (Wildman–Crippen MR) is 77.5 cm³/mol. The molecule has 0 aliphatic carbocycles. The van der Waals surface area contributed by atoms with Crippen LogP contribution in [0.1, 0.15) is 38.2 Å². The van der Waals surface area contributed by atoms with Crippen LogP contribution in [0, 0.1) is 0 Å². The molecular formula is C16H20N2O2. The summed E-state index contributed by atoms with van der Waals surface area (Å²) in [6.45, 7) is 2.57. The van der Waals surface area contributed by atoms with E-state index in [1.165, 1.54) is 5.56 Å². The summed E-state index contributed by atoms with van der Waals surface area (Å²) < 4.78 is 0. The Morgan fingerprint density at radius 3 is 2.90 bits per heavy atom. The van der Waals surface area contributed by atoms with Crippen molar-refractivity contribution in [2.75, 3.05) is 11.4 Å². The largest absolute Gasteiger partial charge is 0.342 e. The number of hydrogen-bond acceptors (Lipinski definition) is 2. The van der Waals surface area contributed by atoms with Gasteiger partial charge in [0.2, 0.25) is 5.91 Å². The Morgan fingerprint density at radius 2 is 2.05 bits per heavy atom. The minimum Gasteiger partial charge on any atom is -0.342 e. The monoisotopic (exact) mass is 272 g/mol. The van der Waals surface area contributed by atoms with Gasteiger partial charge in [-0.15, -0.1) is 0 Å². The molecule has 1 atom stereocenters. The molecule has 0 saturated carbocycles. The second-order valence-corrected chi connectivity index (χ2v) is 5.92. The summed E-state index contributed by atoms with van der Waals surface area (Å²) >= 11 is 0. The van der Waals surface area contributed by atoms with E-state index in [1.54, 1.807) is 0 Å². The molecule has 4 heteroatoms. The highest BCUT2D eigenvalue weighted by atomic mass is 16.2. The van der Waals surface area contributed by atoms with Crippen molar-refractivity contribution < 1.29 is 9.59 Å². The van der Waals surface area contributed by atoms with Gasteiger partial charge in [-0.1, -0.05) is 24.6 Å². The lowest BCUT2D eigenvalue weighted by Gasteiger charge is -2.32. The second-order valence-electron chi connectivity index (χ2n) is 5.92. The van der Waals surface area contributed by atoms with Crippen LogP contribution in [-0.2, 0) is 16.0 Å². The van der Waals surface area contributed by atoms with E-state index in [4.69, 9.17) is 0 Å². The van der Waals surface area contributed by atoms with Crippen molar-refractivity contribution in [2.24, 2.45) is 0 Å². The molecular weight excluding hydrogens is 252 g/mol. The maximum Gasteiger partial charge on any atom is 0.252 e. The molecule has 2 aliphatic rings. The maximum atomic E-state index is 12.9. The van der Waals surface area contributed by atoms with Gasteiger partial charge in [0.25, 0.3) is 5.91 Å². The summed E-state index contributed by atoms with van der Waals surface area (Å²) in [4.78, 5) is 26.5. The highest BCUT2D eigenvalue weighted by Gasteiger charge is 2.40. The average molecular weight is 272 g/mol. The zero-order valence-electron chi connectivity index (χ0n) is 11.8. The molecule has 0 bridgehead atoms. The van der Waals surface area contributed by atoms with Gasteiger partial charge in [0.1, 0.15) is 5.54 Å². The number of carbonyl (C=O) groups excluding carboxylic acids is 2. The first-order valence-corrected chi connectivity index (χ1v) is 7.31. The van der Waals surface area contributed by atoms with Gasteiger partial charge in [-0.25, -0.2) is 0 Å². The van der Waals surface area contributed by atoms with Gasteiger partial charge in [-0.3, -0.25) is 9.59 Å². The highest BCUT2D eigenvalue weighted by Crippen LogP contribution is 2.31. The fourth-order valence-corrected chi connectivity index (χ4v) is 3.20. The third kappa shape index (κ3) is 2.19. The topological polar surface area (TPSA) is 49.4 Å². The predicted octanol–water partition coefficient (Wildman–Crippen LogP) is 2.02. The van der Waals surface area contributed by atoms with Crippen LogP contribution in [0.4, 0.5) is 5.69 Å². The summed E-state index contributed by atoms with van der Waals surface area (Å²) in [6, 6.07) is 8.01. The van der Waals surface area contributed by atoms with Crippen LogP contribution in [0.25, 0.3) is 0 Å². The Morgan fingerprint density at radius 1 is 1.25 bits per heavy atom. The molecule has 1 aromatic rings. The van der Waals surface area contributed by atoms with Crippen molar-refractivity contribution in [1.29, 1.82) is 0 Å². The molecule has 20 heavy (non-hydrogen) atoms. The van der Waals surface area contributed by atoms with Gasteiger partial charge in [0.05, 0.1) is 0 Å². The van der Waals surface area contributed by atoms with E-state index >= 15 is 0 Å². The van der Waals surface area contributed by atoms with Crippen LogP contribution in [0.2, 0.25) is 0 Å². The average Bonchev–Trinajstić information content (AvgIpc) is 2.78. The first-order chi connectivity index (χ1) is 9.60. The zero-order chi connectivity index (χ0) is 14.2. The normalized spacial score (nSPS) is 25.9. The highest BCUT2D eigenvalue weighted by molar-refractivity contribution is 6.03. The van der Waals surface area contributed by atoms with Gasteiger partial charge in [0.15, 0.2) is 0 Å². The van der Waals surface area contributed by atoms with Crippen LogP contribution in [0.3, 0.4) is 0 Å². The summed E-state index contributed by atoms with van der Waals surface area (Å²) in [5, 5.41) is 2.93. The molecule has 106 valence electrons. The van der Waals surface area contributed by atoms with E-state index in [0.717, 1.165) is 31.4 Å². The lowest BCUT2D eigenvalue weighted by Crippen LogP contribution is -2.57. The Balaban J connectivity index is 1.87. The fraction of sp³-hybridized carbons (Fsp3) is 0.500. The van der Waals surface area contributed by atoms with Crippen molar-refractivity contribution in [3.05, 3.63) is 29.8 Å². The Bertz CT molecular complexity index is 555. The Hall–Kier alpha value is -1.84. The van der Waals surface area contributed by atoms with E-state index < -0.39 is 5.54 Å². The molecule has 0 radical (unpaired) electrons. The number of nitrogens with zero attached hydrogens (tertiary/aromatic N) is 1. The number of amides is 2. The fourth-order valence-electron chi connectivity index (χ4n) is 3.20. The molecule has 1 fully saturated rings. The van der Waals surface area contributed by atoms with Crippen molar-refractivity contribution in [3.63, 3.8) is 0 Å². The number of carbonyl (C=O) groups is 2. The van der Waals surface area contributed by atoms with Crippen molar-refractivity contribution in [2.45, 2.75) is 44.6 Å². The number of rotatable bonds is 1. The van der Waals surface area contributed by atoms with Crippen molar-refractivity contribution in [1.82, 2.24) is 5.32 Å². The van der Waals surface area contributed by atoms with Crippen molar-refractivity contribution >= 4 is 17.5 Å². The number of benzene rings is 1. The minimum atomic E-state index is -0.759. The van der Waals surface area contributed by atoms with Gasteiger partial charge < -0.3 is 10.2 Å². The maximum absolute atomic E-state index is 12.9. The van der Waals surface area contributed by atoms with E-state index in [0.29, 0.717) is 13.0 Å². The molecule has 2 heterocycles. The zero-order valence-corrected chi connectivity index (χ0v) is 11.8. The summed E-state index contributed by atoms with van der Waals surface area (Å²) in [7, 11) is 0. The summed E-state index contributed by atoms with van der Waals surface area (Å²) in [5.41, 5.74) is 1.45. The van der Waals surface area contributed by atoms with Gasteiger partial charge in [-0.2, -0.15) is 0 Å². The van der Waals surface area contributed by atoms with Crippen LogP contribution < -0.4 is 10.2 Å². The third-order valence-electron chi connectivity index (χ3n) is 4.35. The quantitative estimate of drug-likeness (QED) is 0.850. The van der Waals surface area contributed by atoms with Gasteiger partial charge in [-0.05, 0) is 37.8 Å². The van der Waals surface area contributed by atoms with Gasteiger partial charge >= 0.3 is 0 Å². The molecule has 4 nitrogen and oxygen atoms in total. The molecule has 0 spiro atoms. The SMILES string of the molecule is CC1(C(=O)N2CCc3ccccc32)CCCCC(=O)N1. The number of hydrogen-bond donors (Lipinski definition) is 1. The van der Waals surface area contributed by atoms with E-state index in [2.05, 4.69) is 11.4 Å². The number of nitrogens with one attached hydrogen (secondary N) is 1. The lowest BCUT2D eigenvalue weighted by molar-refractivity contribution is -0.130. The standard InChI is InChI=1S/C16H20N2O2/c1-16(10-5-4-8-14(19)17-16)15(20)18-11-9-12-6-2-3-7-13(12)18/h2-3,6-7H,4-5,8-11H2,1H3,(H,17,19). The smallest absolute Gasteiger partial charge is 0.252 e. The number of anilines is 1. The number of fused-ring (bicyclic) bond motifs is 1. The summed E-state index contributed by atoms with van der Waals surface area (Å²) in [5.74, 6) is 0.0172. The molecule has 2 aliphatic heterocycles. The van der Waals surface area contributed by atoms with E-state index in [9.17, 15) is 9.59 Å². The lowest BCUT2D eigenvalue weighted by atomic mass is 9.94. The molecule has 1 aromatic carbocycles. The van der Waals surface area contributed by atoms with E-state index in [1.807, 2.05) is 30.0 Å². The third-order valence-corrected chi connectivity index (χ3v) is 4.35. The molecule has 1 saturated heterocycles. The first kappa shape index (κ1) is 13.2. The molecule has 2 amide bonds. The molecule has 1 N–H and O–H groups in total. The number of para-hydroxylation sites is 1. The van der Waals surface area contributed by atoms with Crippen LogP contribution in [0.5, 0.6) is 0 Å². The van der Waals surface area contributed by atoms with Crippen LogP contribution in [-0.4, -0.2) is 23.9 Å². The summed E-state index contributed by atoms with van der Waals surface area (Å²) in [6.07, 6.45) is 3.92. The van der Waals surface area contributed by atoms with E-state index in [-0.39, 0.29) is 11.8 Å². The van der Waals surface area contributed by atoms with Crippen LogP contribution >= 0.6 is 0 Å². The second kappa shape index (κ2) is 4.93.